The smallest absolute Gasteiger partial charge is 0.161 e. The maximum atomic E-state index is 10.8. The van der Waals surface area contributed by atoms with Crippen LogP contribution in [0.2, 0.25) is 0 Å². The van der Waals surface area contributed by atoms with Gasteiger partial charge in [-0.1, -0.05) is 0 Å². The minimum atomic E-state index is 0.705. The Bertz CT molecular complexity index is 589. The summed E-state index contributed by atoms with van der Waals surface area (Å²) in [6.07, 6.45) is 1.82. The highest BCUT2D eigenvalue weighted by molar-refractivity contribution is 7.16. The molecule has 0 atom stereocenters. The Hall–Kier alpha value is -1.68. The SMILES string of the molecule is Cc1nc(-c2ccc3c(c2)CCO3)sc1C=O. The quantitative estimate of drug-likeness (QED) is 0.764. The Morgan fingerprint density at radius 2 is 2.35 bits per heavy atom. The molecule has 0 unspecified atom stereocenters. The van der Waals surface area contributed by atoms with E-state index in [4.69, 9.17) is 4.74 Å². The van der Waals surface area contributed by atoms with E-state index >= 15 is 0 Å². The van der Waals surface area contributed by atoms with E-state index in [1.54, 1.807) is 0 Å². The van der Waals surface area contributed by atoms with E-state index in [2.05, 4.69) is 11.1 Å². The number of carbonyl (C=O) groups excluding carboxylic acids is 1. The molecule has 3 rings (SSSR count). The molecule has 0 N–H and O–H groups in total. The summed E-state index contributed by atoms with van der Waals surface area (Å²) in [6.45, 7) is 2.62. The third-order valence-electron chi connectivity index (χ3n) is 2.88. The number of benzene rings is 1. The zero-order chi connectivity index (χ0) is 11.8. The zero-order valence-corrected chi connectivity index (χ0v) is 10.2. The summed E-state index contributed by atoms with van der Waals surface area (Å²) < 4.78 is 5.47. The molecule has 1 aromatic carbocycles. The Labute approximate surface area is 103 Å². The lowest BCUT2D eigenvalue weighted by Crippen LogP contribution is -1.85. The van der Waals surface area contributed by atoms with Gasteiger partial charge in [0, 0.05) is 12.0 Å². The van der Waals surface area contributed by atoms with Crippen molar-refractivity contribution in [2.24, 2.45) is 0 Å². The van der Waals surface area contributed by atoms with Gasteiger partial charge in [0.15, 0.2) is 6.29 Å². The normalized spacial score (nSPS) is 13.2. The summed E-state index contributed by atoms with van der Waals surface area (Å²) in [5.74, 6) is 0.970. The lowest BCUT2D eigenvalue weighted by Gasteiger charge is -2.00. The van der Waals surface area contributed by atoms with Gasteiger partial charge in [0.1, 0.15) is 10.8 Å². The first kappa shape index (κ1) is 10.5. The number of aryl methyl sites for hydroxylation is 1. The van der Waals surface area contributed by atoms with Crippen LogP contribution in [0.1, 0.15) is 20.9 Å². The second-order valence-corrected chi connectivity index (χ2v) is 5.04. The van der Waals surface area contributed by atoms with Gasteiger partial charge in [-0.3, -0.25) is 4.79 Å². The lowest BCUT2D eigenvalue weighted by atomic mass is 10.1. The molecule has 0 fully saturated rings. The van der Waals surface area contributed by atoms with Crippen LogP contribution in [0.5, 0.6) is 5.75 Å². The number of ether oxygens (including phenoxy) is 1. The first-order valence-electron chi connectivity index (χ1n) is 5.46. The Kier molecular flexibility index (Phi) is 2.44. The summed E-state index contributed by atoms with van der Waals surface area (Å²) >= 11 is 1.44. The molecule has 17 heavy (non-hydrogen) atoms. The van der Waals surface area contributed by atoms with Crippen LogP contribution in [0.3, 0.4) is 0 Å². The number of hydrogen-bond donors (Lipinski definition) is 0. The number of nitrogens with zero attached hydrogens (tertiary/aromatic N) is 1. The van der Waals surface area contributed by atoms with Crippen molar-refractivity contribution >= 4 is 17.6 Å². The molecule has 0 amide bonds. The summed E-state index contributed by atoms with van der Waals surface area (Å²) in [7, 11) is 0. The van der Waals surface area contributed by atoms with Crippen molar-refractivity contribution in [3.05, 3.63) is 34.3 Å². The van der Waals surface area contributed by atoms with Crippen molar-refractivity contribution in [1.82, 2.24) is 4.98 Å². The van der Waals surface area contributed by atoms with E-state index in [1.807, 2.05) is 19.1 Å². The van der Waals surface area contributed by atoms with Gasteiger partial charge < -0.3 is 4.74 Å². The van der Waals surface area contributed by atoms with Crippen LogP contribution >= 0.6 is 11.3 Å². The predicted octanol–water partition coefficient (Wildman–Crippen LogP) is 2.87. The van der Waals surface area contributed by atoms with E-state index in [-0.39, 0.29) is 0 Å². The second kappa shape index (κ2) is 3.96. The molecule has 0 saturated carbocycles. The first-order chi connectivity index (χ1) is 8.28. The highest BCUT2D eigenvalue weighted by atomic mass is 32.1. The van der Waals surface area contributed by atoms with Crippen LogP contribution in [0.15, 0.2) is 18.2 Å². The molecule has 4 heteroatoms. The Morgan fingerprint density at radius 3 is 3.12 bits per heavy atom. The predicted molar refractivity (Wildman–Crippen MR) is 66.9 cm³/mol. The topological polar surface area (TPSA) is 39.2 Å². The summed E-state index contributed by atoms with van der Waals surface area (Å²) in [5, 5.41) is 0.902. The van der Waals surface area contributed by atoms with Crippen molar-refractivity contribution in [1.29, 1.82) is 0 Å². The molecule has 0 aliphatic carbocycles. The van der Waals surface area contributed by atoms with Gasteiger partial charge in [-0.25, -0.2) is 4.98 Å². The standard InChI is InChI=1S/C13H11NO2S/c1-8-12(7-15)17-13(14-8)10-2-3-11-9(6-10)4-5-16-11/h2-3,6-7H,4-5H2,1H3. The number of thiazole rings is 1. The molecular formula is C13H11NO2S. The minimum Gasteiger partial charge on any atom is -0.493 e. The second-order valence-electron chi connectivity index (χ2n) is 4.01. The molecule has 3 nitrogen and oxygen atoms in total. The number of rotatable bonds is 2. The number of aromatic nitrogens is 1. The molecule has 0 bridgehead atoms. The molecule has 86 valence electrons. The zero-order valence-electron chi connectivity index (χ0n) is 9.40. The first-order valence-corrected chi connectivity index (χ1v) is 6.28. The maximum Gasteiger partial charge on any atom is 0.161 e. The van der Waals surface area contributed by atoms with Crippen molar-refractivity contribution in [2.45, 2.75) is 13.3 Å². The molecule has 1 aliphatic heterocycles. The molecule has 1 aliphatic rings. The monoisotopic (exact) mass is 245 g/mol. The van der Waals surface area contributed by atoms with E-state index < -0.39 is 0 Å². The van der Waals surface area contributed by atoms with Crippen LogP contribution < -0.4 is 4.74 Å². The minimum absolute atomic E-state index is 0.705. The summed E-state index contributed by atoms with van der Waals surface area (Å²) in [5.41, 5.74) is 3.09. The molecule has 1 aromatic heterocycles. The Morgan fingerprint density at radius 1 is 1.47 bits per heavy atom. The van der Waals surface area contributed by atoms with Crippen molar-refractivity contribution in [3.8, 4) is 16.3 Å². The van der Waals surface area contributed by atoms with E-state index in [0.29, 0.717) is 4.88 Å². The number of aldehydes is 1. The van der Waals surface area contributed by atoms with Crippen LogP contribution in [0, 0.1) is 6.92 Å². The largest absolute Gasteiger partial charge is 0.493 e. The highest BCUT2D eigenvalue weighted by Crippen LogP contribution is 2.32. The summed E-state index contributed by atoms with van der Waals surface area (Å²) in [4.78, 5) is 15.9. The number of fused-ring (bicyclic) bond motifs is 1. The summed E-state index contributed by atoms with van der Waals surface area (Å²) in [6, 6.07) is 6.08. The third kappa shape index (κ3) is 1.74. The van der Waals surface area contributed by atoms with Gasteiger partial charge in [-0.2, -0.15) is 0 Å². The van der Waals surface area contributed by atoms with Gasteiger partial charge >= 0.3 is 0 Å². The number of carbonyl (C=O) groups is 1. The van der Waals surface area contributed by atoms with E-state index in [0.717, 1.165) is 41.3 Å². The van der Waals surface area contributed by atoms with E-state index in [1.165, 1.54) is 16.9 Å². The maximum absolute atomic E-state index is 10.8. The average Bonchev–Trinajstić information content (AvgIpc) is 2.93. The van der Waals surface area contributed by atoms with Gasteiger partial charge in [-0.05, 0) is 30.7 Å². The average molecular weight is 245 g/mol. The molecular weight excluding hydrogens is 234 g/mol. The van der Waals surface area contributed by atoms with Crippen molar-refractivity contribution in [3.63, 3.8) is 0 Å². The Balaban J connectivity index is 2.06. The number of hydrogen-bond acceptors (Lipinski definition) is 4. The van der Waals surface area contributed by atoms with E-state index in [9.17, 15) is 4.79 Å². The van der Waals surface area contributed by atoms with Gasteiger partial charge in [-0.15, -0.1) is 11.3 Å². The van der Waals surface area contributed by atoms with Crippen LogP contribution in [0.25, 0.3) is 10.6 Å². The van der Waals surface area contributed by atoms with Crippen molar-refractivity contribution < 1.29 is 9.53 Å². The third-order valence-corrected chi connectivity index (χ3v) is 4.01. The molecule has 2 aromatic rings. The van der Waals surface area contributed by atoms with Crippen LogP contribution in [-0.2, 0) is 6.42 Å². The fourth-order valence-corrected chi connectivity index (χ4v) is 2.84. The highest BCUT2D eigenvalue weighted by Gasteiger charge is 2.15. The molecule has 2 heterocycles. The molecule has 0 saturated heterocycles. The lowest BCUT2D eigenvalue weighted by molar-refractivity contribution is 0.112. The fraction of sp³-hybridized carbons (Fsp3) is 0.231. The molecule has 0 spiro atoms. The molecule has 0 radical (unpaired) electrons. The van der Waals surface area contributed by atoms with Crippen molar-refractivity contribution in [2.75, 3.05) is 6.61 Å². The fourth-order valence-electron chi connectivity index (χ4n) is 1.96. The van der Waals surface area contributed by atoms with Gasteiger partial charge in [0.05, 0.1) is 17.2 Å². The van der Waals surface area contributed by atoms with Crippen LogP contribution in [0.4, 0.5) is 0 Å². The van der Waals surface area contributed by atoms with Gasteiger partial charge in [0.25, 0.3) is 0 Å². The van der Waals surface area contributed by atoms with Gasteiger partial charge in [0.2, 0.25) is 0 Å². The van der Waals surface area contributed by atoms with Crippen LogP contribution in [-0.4, -0.2) is 17.9 Å².